The lowest BCUT2D eigenvalue weighted by Gasteiger charge is -2.32. The van der Waals surface area contributed by atoms with Gasteiger partial charge in [-0.15, -0.1) is 0 Å². The topological polar surface area (TPSA) is 67.2 Å². The molecule has 2 fully saturated rings. The molecule has 0 aliphatic carbocycles. The number of hydrogen-bond acceptors (Lipinski definition) is 5. The van der Waals surface area contributed by atoms with Gasteiger partial charge in [0.05, 0.1) is 40.3 Å². The number of carbonyl (C=O) groups excluding carboxylic acids is 2. The first kappa shape index (κ1) is 27.2. The van der Waals surface area contributed by atoms with Crippen LogP contribution in [0.4, 0.5) is 35.5 Å². The van der Waals surface area contributed by atoms with Gasteiger partial charge in [-0.05, 0) is 66.2 Å². The van der Waals surface area contributed by atoms with Crippen LogP contribution in [0.2, 0.25) is 0 Å². The van der Waals surface area contributed by atoms with Gasteiger partial charge in [-0.3, -0.25) is 19.2 Å². The van der Waals surface area contributed by atoms with Gasteiger partial charge in [-0.25, -0.2) is 4.39 Å². The Morgan fingerprint density at radius 2 is 1.82 bits per heavy atom. The summed E-state index contributed by atoms with van der Waals surface area (Å²) in [6.07, 6.45) is -8.18. The molecule has 39 heavy (non-hydrogen) atoms. The minimum Gasteiger partial charge on any atom is -0.314 e. The number of aromatic nitrogens is 2. The molecule has 0 saturated carbocycles. The van der Waals surface area contributed by atoms with Crippen LogP contribution < -0.4 is 5.32 Å². The van der Waals surface area contributed by atoms with Crippen molar-refractivity contribution >= 4 is 39.9 Å². The molecule has 1 N–H and O–H groups in total. The highest BCUT2D eigenvalue weighted by Crippen LogP contribution is 2.38. The normalized spacial score (nSPS) is 21.9. The zero-order valence-electron chi connectivity index (χ0n) is 19.8. The molecule has 2 aromatic carbocycles. The number of alkyl halides is 7. The highest BCUT2D eigenvalue weighted by Gasteiger charge is 2.44. The van der Waals surface area contributed by atoms with Crippen molar-refractivity contribution in [1.82, 2.24) is 20.0 Å². The van der Waals surface area contributed by atoms with E-state index in [9.17, 15) is 40.3 Å². The van der Waals surface area contributed by atoms with Crippen molar-refractivity contribution in [2.45, 2.75) is 37.5 Å². The third-order valence-electron chi connectivity index (χ3n) is 6.56. The second-order valence-corrected chi connectivity index (χ2v) is 10.1. The second-order valence-electron chi connectivity index (χ2n) is 9.12. The molecule has 3 heterocycles. The number of rotatable bonds is 4. The maximum Gasteiger partial charge on any atom is 0.416 e. The molecule has 2 aliphatic rings. The van der Waals surface area contributed by atoms with E-state index in [1.54, 1.807) is 18.2 Å². The van der Waals surface area contributed by atoms with E-state index in [-0.39, 0.29) is 23.1 Å². The highest BCUT2D eigenvalue weighted by molar-refractivity contribution is 8.18. The monoisotopic (exact) mass is 572 g/mol. The third-order valence-corrected chi connectivity index (χ3v) is 7.44. The molecule has 1 aromatic heterocycles. The van der Waals surface area contributed by atoms with E-state index in [0.717, 1.165) is 11.0 Å². The fourth-order valence-corrected chi connectivity index (χ4v) is 5.54. The van der Waals surface area contributed by atoms with Crippen LogP contribution in [0, 0.1) is 0 Å². The maximum absolute atomic E-state index is 14.3. The summed E-state index contributed by atoms with van der Waals surface area (Å²) < 4.78 is 95.2. The van der Waals surface area contributed by atoms with E-state index in [2.05, 4.69) is 10.4 Å². The van der Waals surface area contributed by atoms with Crippen LogP contribution in [0.3, 0.4) is 0 Å². The molecule has 2 atom stereocenters. The molecule has 6 nitrogen and oxygen atoms in total. The number of fused-ring (bicyclic) bond motifs is 1. The van der Waals surface area contributed by atoms with Crippen molar-refractivity contribution in [3.8, 4) is 0 Å². The Kier molecular flexibility index (Phi) is 6.95. The second kappa shape index (κ2) is 9.97. The minimum atomic E-state index is -5.01. The summed E-state index contributed by atoms with van der Waals surface area (Å²) in [7, 11) is 0. The van der Waals surface area contributed by atoms with E-state index in [0.29, 0.717) is 47.3 Å². The Balaban J connectivity index is 1.40. The first-order valence-corrected chi connectivity index (χ1v) is 12.5. The van der Waals surface area contributed by atoms with Crippen LogP contribution in [0.25, 0.3) is 17.0 Å². The average molecular weight is 573 g/mol. The zero-order valence-corrected chi connectivity index (χ0v) is 20.6. The van der Waals surface area contributed by atoms with Crippen molar-refractivity contribution in [2.24, 2.45) is 0 Å². The van der Waals surface area contributed by atoms with Crippen molar-refractivity contribution < 1.29 is 40.3 Å². The molecule has 0 bridgehead atoms. The number of carbonyl (C=O) groups is 2. The summed E-state index contributed by atoms with van der Waals surface area (Å²) in [5, 5.41) is 6.89. The molecule has 2 saturated heterocycles. The number of benzene rings is 2. The van der Waals surface area contributed by atoms with Gasteiger partial charge >= 0.3 is 12.4 Å². The summed E-state index contributed by atoms with van der Waals surface area (Å²) in [5.74, 6) is -0.600. The number of amides is 2. The number of imide groups is 1. The van der Waals surface area contributed by atoms with E-state index in [4.69, 9.17) is 0 Å². The molecule has 14 heteroatoms. The number of nitrogens with zero attached hydrogens (tertiary/aromatic N) is 3. The molecule has 2 amide bonds. The molecule has 0 radical (unpaired) electrons. The van der Waals surface area contributed by atoms with E-state index in [1.165, 1.54) is 17.0 Å². The molecular weight excluding hydrogens is 553 g/mol. The molecule has 206 valence electrons. The van der Waals surface area contributed by atoms with Crippen molar-refractivity contribution in [3.63, 3.8) is 0 Å². The largest absolute Gasteiger partial charge is 0.416 e. The minimum absolute atomic E-state index is 0.0447. The lowest BCUT2D eigenvalue weighted by atomic mass is 10.0. The van der Waals surface area contributed by atoms with Gasteiger partial charge in [0.2, 0.25) is 0 Å². The molecular formula is C25H19F7N4O2S. The van der Waals surface area contributed by atoms with Gasteiger partial charge in [-0.2, -0.15) is 31.4 Å². The summed E-state index contributed by atoms with van der Waals surface area (Å²) in [6.45, 7) is 0.0852. The van der Waals surface area contributed by atoms with Gasteiger partial charge in [0.25, 0.3) is 11.1 Å². The Hall–Kier alpha value is -3.39. The molecule has 2 aliphatic heterocycles. The summed E-state index contributed by atoms with van der Waals surface area (Å²) in [5.41, 5.74) is -2.29. The Morgan fingerprint density at radius 1 is 1.05 bits per heavy atom. The van der Waals surface area contributed by atoms with E-state index >= 15 is 0 Å². The molecule has 0 spiro atoms. The van der Waals surface area contributed by atoms with E-state index in [1.807, 2.05) is 0 Å². The van der Waals surface area contributed by atoms with Gasteiger partial charge in [0, 0.05) is 11.9 Å². The Labute approximate surface area is 220 Å². The molecule has 1 unspecified atom stereocenters. The quantitative estimate of drug-likeness (QED) is 0.314. The van der Waals surface area contributed by atoms with Crippen molar-refractivity contribution in [2.75, 3.05) is 13.1 Å². The Morgan fingerprint density at radius 3 is 2.51 bits per heavy atom. The molecule has 3 aromatic rings. The van der Waals surface area contributed by atoms with Crippen LogP contribution in [0.1, 0.15) is 28.7 Å². The van der Waals surface area contributed by atoms with Gasteiger partial charge in [0.1, 0.15) is 6.17 Å². The summed E-state index contributed by atoms with van der Waals surface area (Å²) >= 11 is 0.695. The fourth-order valence-electron chi connectivity index (χ4n) is 4.65. The number of piperidine rings is 1. The number of hydrogen-bond donors (Lipinski definition) is 1. The SMILES string of the molecule is O=C1SC(=Cc2ccc3c(cnn3Cc3ccc(C(F)(F)F)cc3C(F)(F)F)c2)C(=O)N1C1CCNC[C@@H]1F. The molecule has 5 rings (SSSR count). The lowest BCUT2D eigenvalue weighted by Crippen LogP contribution is -2.52. The van der Waals surface area contributed by atoms with Gasteiger partial charge in [0.15, 0.2) is 0 Å². The zero-order chi connectivity index (χ0) is 28.1. The van der Waals surface area contributed by atoms with Crippen molar-refractivity contribution in [3.05, 3.63) is 69.8 Å². The van der Waals surface area contributed by atoms with Crippen LogP contribution in [0.5, 0.6) is 0 Å². The number of halogens is 7. The van der Waals surface area contributed by atoms with Crippen LogP contribution >= 0.6 is 11.8 Å². The maximum atomic E-state index is 14.3. The van der Waals surface area contributed by atoms with E-state index < -0.39 is 53.4 Å². The highest BCUT2D eigenvalue weighted by atomic mass is 32.2. The van der Waals surface area contributed by atoms with Gasteiger partial charge in [-0.1, -0.05) is 12.1 Å². The fraction of sp³-hybridized carbons (Fsp3) is 0.320. The number of thioether (sulfide) groups is 1. The summed E-state index contributed by atoms with van der Waals surface area (Å²) in [6, 6.07) is 5.32. The smallest absolute Gasteiger partial charge is 0.314 e. The average Bonchev–Trinajstić information content (AvgIpc) is 3.37. The third kappa shape index (κ3) is 5.39. The lowest BCUT2D eigenvalue weighted by molar-refractivity contribution is -0.143. The predicted octanol–water partition coefficient (Wildman–Crippen LogP) is 5.86. The standard InChI is InChI=1S/C25H19F7N4O2S/c26-18-11-33-6-5-20(18)36-22(37)21(39-23(36)38)8-13-1-4-19-15(7-13)10-34-35(19)12-14-2-3-16(24(27,28)29)9-17(14)25(30,31)32/h1-4,7-10,18,20,33H,5-6,11-12H2/t18-,20?/m0/s1. The van der Waals surface area contributed by atoms with Crippen LogP contribution in [-0.4, -0.2) is 51.1 Å². The Bertz CT molecular complexity index is 1480. The van der Waals surface area contributed by atoms with Gasteiger partial charge < -0.3 is 5.32 Å². The van der Waals surface area contributed by atoms with Crippen LogP contribution in [0.15, 0.2) is 47.5 Å². The van der Waals surface area contributed by atoms with Crippen molar-refractivity contribution in [1.29, 1.82) is 0 Å². The predicted molar refractivity (Wildman–Crippen MR) is 129 cm³/mol. The summed E-state index contributed by atoms with van der Waals surface area (Å²) in [4.78, 5) is 26.4. The van der Waals surface area contributed by atoms with Crippen LogP contribution in [-0.2, 0) is 23.7 Å². The number of nitrogens with one attached hydrogen (secondary N) is 1. The first-order chi connectivity index (χ1) is 18.3. The first-order valence-electron chi connectivity index (χ1n) is 11.7.